The van der Waals surface area contributed by atoms with Gasteiger partial charge in [-0.05, 0) is 17.5 Å². The van der Waals surface area contributed by atoms with Crippen molar-refractivity contribution in [2.75, 3.05) is 12.8 Å². The van der Waals surface area contributed by atoms with E-state index in [1.54, 1.807) is 31.0 Å². The van der Waals surface area contributed by atoms with Gasteiger partial charge in [-0.25, -0.2) is 0 Å². The Balaban J connectivity index is 2.42. The molecule has 2 N–H and O–H groups in total. The van der Waals surface area contributed by atoms with Gasteiger partial charge in [0.2, 0.25) is 5.91 Å². The average Bonchev–Trinajstić information content (AvgIpc) is 2.43. The number of carbonyl (C=O) groups is 1. The van der Waals surface area contributed by atoms with Crippen LogP contribution < -0.4 is 10.0 Å². The summed E-state index contributed by atoms with van der Waals surface area (Å²) in [6.07, 6.45) is 5.15. The van der Waals surface area contributed by atoms with E-state index < -0.39 is 0 Å². The summed E-state index contributed by atoms with van der Waals surface area (Å²) in [6, 6.07) is 3.73. The number of nitrogens with zero attached hydrogens (tertiary/aromatic N) is 2. The van der Waals surface area contributed by atoms with E-state index >= 15 is 0 Å². The smallest absolute Gasteiger partial charge is 0.239 e. The SMILES string of the molecule is CN=C(N/C=C/SCC(=O)NS)c1ccncc1. The van der Waals surface area contributed by atoms with Crippen molar-refractivity contribution in [3.8, 4) is 0 Å². The Bertz CT molecular complexity index is 434. The van der Waals surface area contributed by atoms with Crippen molar-refractivity contribution in [2.24, 2.45) is 4.99 Å². The van der Waals surface area contributed by atoms with Gasteiger partial charge in [-0.15, -0.1) is 11.8 Å². The highest BCUT2D eigenvalue weighted by atomic mass is 32.2. The maximum atomic E-state index is 10.9. The standard InChI is InChI=1S/C11H14N4OS2/c1-12-11(9-2-4-13-5-3-9)14-6-7-18-8-10(16)15-17/h2-7,17H,8H2,1H3,(H,12,14)(H,15,16)/b7-6+. The third kappa shape index (κ3) is 5.24. The lowest BCUT2D eigenvalue weighted by Gasteiger charge is -2.04. The molecule has 0 saturated carbocycles. The second-order valence-electron chi connectivity index (χ2n) is 3.10. The number of rotatable bonds is 5. The Labute approximate surface area is 116 Å². The molecule has 5 nitrogen and oxygen atoms in total. The van der Waals surface area contributed by atoms with Crippen molar-refractivity contribution in [2.45, 2.75) is 0 Å². The molecule has 0 bridgehead atoms. The van der Waals surface area contributed by atoms with Gasteiger partial charge in [0.05, 0.1) is 5.75 Å². The zero-order chi connectivity index (χ0) is 13.2. The Morgan fingerprint density at radius 3 is 2.89 bits per heavy atom. The lowest BCUT2D eigenvalue weighted by molar-refractivity contribution is -0.116. The predicted molar refractivity (Wildman–Crippen MR) is 78.6 cm³/mol. The number of thiol groups is 1. The molecule has 0 atom stereocenters. The number of hydrogen-bond acceptors (Lipinski definition) is 5. The van der Waals surface area contributed by atoms with Crippen LogP contribution in [0.25, 0.3) is 0 Å². The molecule has 18 heavy (non-hydrogen) atoms. The molecule has 1 aromatic rings. The number of nitrogens with one attached hydrogen (secondary N) is 2. The molecule has 1 rings (SSSR count). The minimum Gasteiger partial charge on any atom is -0.346 e. The zero-order valence-electron chi connectivity index (χ0n) is 9.83. The Morgan fingerprint density at radius 1 is 1.56 bits per heavy atom. The summed E-state index contributed by atoms with van der Waals surface area (Å²) in [5.74, 6) is 0.939. The first-order valence-electron chi connectivity index (χ1n) is 5.11. The fourth-order valence-electron chi connectivity index (χ4n) is 1.10. The Hall–Kier alpha value is -1.47. The van der Waals surface area contributed by atoms with Crippen LogP contribution in [0.5, 0.6) is 0 Å². The van der Waals surface area contributed by atoms with Crippen LogP contribution in [0.2, 0.25) is 0 Å². The molecule has 0 aliphatic heterocycles. The molecule has 1 aromatic heterocycles. The van der Waals surface area contributed by atoms with Gasteiger partial charge in [-0.3, -0.25) is 14.8 Å². The number of hydrogen-bond donors (Lipinski definition) is 3. The van der Waals surface area contributed by atoms with Gasteiger partial charge in [-0.1, -0.05) is 12.8 Å². The van der Waals surface area contributed by atoms with Crippen molar-refractivity contribution >= 4 is 36.3 Å². The normalized spacial score (nSPS) is 11.6. The Kier molecular flexibility index (Phi) is 6.97. The van der Waals surface area contributed by atoms with E-state index in [9.17, 15) is 4.79 Å². The number of aliphatic imine (C=N–C) groups is 1. The van der Waals surface area contributed by atoms with Crippen molar-refractivity contribution in [3.05, 3.63) is 41.7 Å². The number of thioether (sulfide) groups is 1. The third-order valence-electron chi connectivity index (χ3n) is 1.90. The molecule has 1 amide bonds. The largest absolute Gasteiger partial charge is 0.346 e. The summed E-state index contributed by atoms with van der Waals surface area (Å²) in [5, 5.41) is 4.83. The fourth-order valence-corrected chi connectivity index (χ4v) is 1.77. The summed E-state index contributed by atoms with van der Waals surface area (Å²) in [4.78, 5) is 19.0. The van der Waals surface area contributed by atoms with Crippen LogP contribution in [0, 0.1) is 0 Å². The number of carbonyl (C=O) groups excluding carboxylic acids is 1. The van der Waals surface area contributed by atoms with Crippen LogP contribution in [0.3, 0.4) is 0 Å². The summed E-state index contributed by atoms with van der Waals surface area (Å²) < 4.78 is 2.25. The number of aromatic nitrogens is 1. The summed E-state index contributed by atoms with van der Waals surface area (Å²) in [6.45, 7) is 0. The third-order valence-corrected chi connectivity index (χ3v) is 2.91. The molecule has 0 spiro atoms. The lowest BCUT2D eigenvalue weighted by atomic mass is 10.2. The van der Waals surface area contributed by atoms with Gasteiger partial charge < -0.3 is 10.0 Å². The van der Waals surface area contributed by atoms with E-state index in [0.29, 0.717) is 5.75 Å². The maximum absolute atomic E-state index is 10.9. The predicted octanol–water partition coefficient (Wildman–Crippen LogP) is 1.21. The summed E-state index contributed by atoms with van der Waals surface area (Å²) >= 11 is 5.02. The van der Waals surface area contributed by atoms with Crippen LogP contribution >= 0.6 is 24.6 Å². The number of amides is 1. The van der Waals surface area contributed by atoms with Crippen molar-refractivity contribution in [1.82, 2.24) is 15.0 Å². The van der Waals surface area contributed by atoms with Gasteiger partial charge >= 0.3 is 0 Å². The average molecular weight is 282 g/mol. The molecular weight excluding hydrogens is 268 g/mol. The molecule has 96 valence electrons. The second kappa shape index (κ2) is 8.60. The minimum atomic E-state index is -0.133. The summed E-state index contributed by atoms with van der Waals surface area (Å²) in [5.41, 5.74) is 0.954. The topological polar surface area (TPSA) is 66.4 Å². The van der Waals surface area contributed by atoms with E-state index in [4.69, 9.17) is 0 Å². The highest BCUT2D eigenvalue weighted by molar-refractivity contribution is 8.02. The van der Waals surface area contributed by atoms with Crippen LogP contribution in [0.1, 0.15) is 5.56 Å². The number of pyridine rings is 1. The van der Waals surface area contributed by atoms with Crippen molar-refractivity contribution in [3.63, 3.8) is 0 Å². The first kappa shape index (κ1) is 14.6. The molecule has 0 aromatic carbocycles. The minimum absolute atomic E-state index is 0.133. The van der Waals surface area contributed by atoms with E-state index in [2.05, 4.69) is 32.8 Å². The van der Waals surface area contributed by atoms with Gasteiger partial charge in [0, 0.05) is 31.2 Å². The van der Waals surface area contributed by atoms with E-state index in [1.807, 2.05) is 12.1 Å². The molecule has 0 fully saturated rings. The number of amidine groups is 1. The summed E-state index contributed by atoms with van der Waals surface area (Å²) in [7, 11) is 1.71. The molecule has 7 heteroatoms. The van der Waals surface area contributed by atoms with E-state index in [-0.39, 0.29) is 5.91 Å². The zero-order valence-corrected chi connectivity index (χ0v) is 11.5. The van der Waals surface area contributed by atoms with Gasteiger partial charge in [0.15, 0.2) is 0 Å². The van der Waals surface area contributed by atoms with Gasteiger partial charge in [-0.2, -0.15) is 0 Å². The Morgan fingerprint density at radius 2 is 2.28 bits per heavy atom. The van der Waals surface area contributed by atoms with Gasteiger partial charge in [0.25, 0.3) is 0 Å². The molecule has 0 saturated heterocycles. The van der Waals surface area contributed by atoms with Gasteiger partial charge in [0.1, 0.15) is 5.84 Å². The van der Waals surface area contributed by atoms with Crippen molar-refractivity contribution < 1.29 is 4.79 Å². The second-order valence-corrected chi connectivity index (χ2v) is 4.22. The molecule has 1 heterocycles. The first-order chi connectivity index (χ1) is 8.77. The first-order valence-corrected chi connectivity index (χ1v) is 6.60. The highest BCUT2D eigenvalue weighted by Gasteiger charge is 1.98. The fraction of sp³-hybridized carbons (Fsp3) is 0.182. The van der Waals surface area contributed by atoms with Crippen LogP contribution in [-0.4, -0.2) is 29.5 Å². The molecular formula is C11H14N4OS2. The van der Waals surface area contributed by atoms with Crippen molar-refractivity contribution in [1.29, 1.82) is 0 Å². The van der Waals surface area contributed by atoms with Crippen LogP contribution in [0.4, 0.5) is 0 Å². The highest BCUT2D eigenvalue weighted by Crippen LogP contribution is 2.01. The molecule has 0 aliphatic carbocycles. The quantitative estimate of drug-likeness (QED) is 0.431. The maximum Gasteiger partial charge on any atom is 0.239 e. The molecule has 0 unspecified atom stereocenters. The monoisotopic (exact) mass is 282 g/mol. The molecule has 0 aliphatic rings. The lowest BCUT2D eigenvalue weighted by Crippen LogP contribution is -2.18. The van der Waals surface area contributed by atoms with Crippen LogP contribution in [0.15, 0.2) is 41.1 Å². The van der Waals surface area contributed by atoms with E-state index in [0.717, 1.165) is 11.4 Å². The van der Waals surface area contributed by atoms with E-state index in [1.165, 1.54) is 11.8 Å². The molecule has 0 radical (unpaired) electrons. The van der Waals surface area contributed by atoms with Crippen LogP contribution in [-0.2, 0) is 4.79 Å².